The smallest absolute Gasteiger partial charge is 0.147 e. The van der Waals surface area contributed by atoms with Crippen molar-refractivity contribution in [2.24, 2.45) is 0 Å². The maximum absolute atomic E-state index is 5.61. The van der Waals surface area contributed by atoms with Crippen molar-refractivity contribution in [3.63, 3.8) is 0 Å². The third-order valence-corrected chi connectivity index (χ3v) is 2.49. The SMILES string of the molecule is Nc1cnc(Sc2cnc(Cl)cn2)cn1. The Labute approximate surface area is 95.1 Å². The van der Waals surface area contributed by atoms with Crippen LogP contribution in [-0.2, 0) is 0 Å². The second-order valence-electron chi connectivity index (χ2n) is 2.56. The molecule has 0 aliphatic rings. The maximum Gasteiger partial charge on any atom is 0.147 e. The lowest BCUT2D eigenvalue weighted by molar-refractivity contribution is 1.03. The van der Waals surface area contributed by atoms with Gasteiger partial charge in [0, 0.05) is 0 Å². The normalized spacial score (nSPS) is 10.2. The lowest BCUT2D eigenvalue weighted by Crippen LogP contribution is -1.91. The molecule has 2 N–H and O–H groups in total. The van der Waals surface area contributed by atoms with Crippen molar-refractivity contribution < 1.29 is 0 Å². The highest BCUT2D eigenvalue weighted by Gasteiger charge is 2.01. The lowest BCUT2D eigenvalue weighted by Gasteiger charge is -1.98. The number of anilines is 1. The number of nitrogens with zero attached hydrogens (tertiary/aromatic N) is 4. The molecule has 15 heavy (non-hydrogen) atoms. The van der Waals surface area contributed by atoms with Crippen molar-refractivity contribution in [3.05, 3.63) is 29.9 Å². The maximum atomic E-state index is 5.61. The molecule has 76 valence electrons. The average Bonchev–Trinajstić information content (AvgIpc) is 2.25. The molecule has 2 rings (SSSR count). The van der Waals surface area contributed by atoms with Gasteiger partial charge in [-0.15, -0.1) is 0 Å². The summed E-state index contributed by atoms with van der Waals surface area (Å²) in [5.74, 6) is 0.390. The van der Waals surface area contributed by atoms with Crippen LogP contribution in [-0.4, -0.2) is 19.9 Å². The molecule has 5 nitrogen and oxygen atoms in total. The number of nitrogens with two attached hydrogens (primary N) is 1. The molecule has 0 unspecified atom stereocenters. The number of aromatic nitrogens is 4. The molecule has 0 saturated heterocycles. The molecule has 0 saturated carbocycles. The molecule has 2 aromatic rings. The number of hydrogen-bond donors (Lipinski definition) is 1. The Morgan fingerprint density at radius 3 is 2.13 bits per heavy atom. The van der Waals surface area contributed by atoms with Gasteiger partial charge in [0.2, 0.25) is 0 Å². The van der Waals surface area contributed by atoms with E-state index in [9.17, 15) is 0 Å². The zero-order valence-corrected chi connectivity index (χ0v) is 9.03. The van der Waals surface area contributed by atoms with Crippen LogP contribution in [0.3, 0.4) is 0 Å². The first-order valence-corrected chi connectivity index (χ1v) is 5.16. The molecule has 0 aliphatic carbocycles. The molecular formula is C8H6ClN5S. The Hall–Kier alpha value is -1.40. The number of hydrogen-bond acceptors (Lipinski definition) is 6. The largest absolute Gasteiger partial charge is 0.382 e. The minimum Gasteiger partial charge on any atom is -0.382 e. The van der Waals surface area contributed by atoms with Crippen molar-refractivity contribution in [3.8, 4) is 0 Å². The summed E-state index contributed by atoms with van der Waals surface area (Å²) >= 11 is 6.95. The molecule has 0 bridgehead atoms. The minimum atomic E-state index is 0.364. The van der Waals surface area contributed by atoms with Crippen LogP contribution in [0.25, 0.3) is 0 Å². The first kappa shape index (κ1) is 10.1. The fourth-order valence-electron chi connectivity index (χ4n) is 0.839. The van der Waals surface area contributed by atoms with Crippen LogP contribution in [0.2, 0.25) is 5.15 Å². The molecule has 0 fully saturated rings. The highest BCUT2D eigenvalue weighted by atomic mass is 35.5. The summed E-state index contributed by atoms with van der Waals surface area (Å²) in [6.07, 6.45) is 6.13. The number of nitrogen functional groups attached to an aromatic ring is 1. The van der Waals surface area contributed by atoms with Crippen molar-refractivity contribution in [2.45, 2.75) is 10.1 Å². The van der Waals surface area contributed by atoms with Crippen molar-refractivity contribution in [1.29, 1.82) is 0 Å². The van der Waals surface area contributed by atoms with E-state index in [-0.39, 0.29) is 0 Å². The number of rotatable bonds is 2. The Balaban J connectivity index is 2.15. The van der Waals surface area contributed by atoms with E-state index < -0.39 is 0 Å². The molecular weight excluding hydrogens is 234 g/mol. The zero-order chi connectivity index (χ0) is 10.7. The third kappa shape index (κ3) is 2.77. The van der Waals surface area contributed by atoms with E-state index in [1.165, 1.54) is 24.2 Å². The van der Waals surface area contributed by atoms with Gasteiger partial charge in [-0.3, -0.25) is 0 Å². The van der Waals surface area contributed by atoms with E-state index in [1.54, 1.807) is 12.4 Å². The summed E-state index contributed by atoms with van der Waals surface area (Å²) in [6.45, 7) is 0. The lowest BCUT2D eigenvalue weighted by atomic mass is 10.7. The van der Waals surface area contributed by atoms with Crippen LogP contribution in [0.5, 0.6) is 0 Å². The standard InChI is InChI=1S/C8H6ClN5S/c9-5-1-13-7(3-11-5)15-8-4-12-6(10)2-14-8/h1-4H,(H2,10,12). The molecule has 7 heteroatoms. The van der Waals surface area contributed by atoms with E-state index in [2.05, 4.69) is 19.9 Å². The summed E-state index contributed by atoms with van der Waals surface area (Å²) in [5, 5.41) is 1.78. The molecule has 2 heterocycles. The minimum absolute atomic E-state index is 0.364. The Kier molecular flexibility index (Phi) is 2.98. The van der Waals surface area contributed by atoms with Gasteiger partial charge < -0.3 is 5.73 Å². The fourth-order valence-corrected chi connectivity index (χ4v) is 1.57. The number of halogens is 1. The molecule has 0 aliphatic heterocycles. The first-order valence-electron chi connectivity index (χ1n) is 3.97. The van der Waals surface area contributed by atoms with Gasteiger partial charge in [-0.05, 0) is 11.8 Å². The highest BCUT2D eigenvalue weighted by molar-refractivity contribution is 7.99. The van der Waals surface area contributed by atoms with Crippen molar-refractivity contribution in [1.82, 2.24) is 19.9 Å². The van der Waals surface area contributed by atoms with Gasteiger partial charge in [0.1, 0.15) is 21.0 Å². The summed E-state index contributed by atoms with van der Waals surface area (Å²) in [6, 6.07) is 0. The van der Waals surface area contributed by atoms with Crippen molar-refractivity contribution >= 4 is 29.2 Å². The van der Waals surface area contributed by atoms with Crippen LogP contribution < -0.4 is 5.73 Å². The van der Waals surface area contributed by atoms with Gasteiger partial charge in [-0.25, -0.2) is 19.9 Å². The van der Waals surface area contributed by atoms with E-state index in [0.29, 0.717) is 21.0 Å². The third-order valence-electron chi connectivity index (χ3n) is 1.45. The van der Waals surface area contributed by atoms with Gasteiger partial charge in [-0.1, -0.05) is 11.6 Å². The van der Waals surface area contributed by atoms with Crippen LogP contribution >= 0.6 is 23.4 Å². The fraction of sp³-hybridized carbons (Fsp3) is 0. The zero-order valence-electron chi connectivity index (χ0n) is 7.46. The Morgan fingerprint density at radius 1 is 0.933 bits per heavy atom. The second-order valence-corrected chi connectivity index (χ2v) is 3.99. The first-order chi connectivity index (χ1) is 7.24. The summed E-state index contributed by atoms with van der Waals surface area (Å²) in [7, 11) is 0. The second kappa shape index (κ2) is 4.41. The molecule has 2 aromatic heterocycles. The topological polar surface area (TPSA) is 77.6 Å². The van der Waals surface area contributed by atoms with Crippen LogP contribution in [0.1, 0.15) is 0 Å². The van der Waals surface area contributed by atoms with Crippen LogP contribution in [0.4, 0.5) is 5.82 Å². The van der Waals surface area contributed by atoms with Crippen LogP contribution in [0, 0.1) is 0 Å². The van der Waals surface area contributed by atoms with E-state index >= 15 is 0 Å². The van der Waals surface area contributed by atoms with E-state index in [4.69, 9.17) is 17.3 Å². The molecule has 0 atom stereocenters. The Morgan fingerprint density at radius 2 is 1.60 bits per heavy atom. The molecule has 0 spiro atoms. The van der Waals surface area contributed by atoms with Gasteiger partial charge in [0.05, 0.1) is 24.8 Å². The van der Waals surface area contributed by atoms with Gasteiger partial charge in [0.25, 0.3) is 0 Å². The van der Waals surface area contributed by atoms with Crippen molar-refractivity contribution in [2.75, 3.05) is 5.73 Å². The summed E-state index contributed by atoms with van der Waals surface area (Å²) in [5.41, 5.74) is 5.41. The predicted octanol–water partition coefficient (Wildman–Crippen LogP) is 1.65. The monoisotopic (exact) mass is 239 g/mol. The van der Waals surface area contributed by atoms with Gasteiger partial charge in [-0.2, -0.15) is 0 Å². The van der Waals surface area contributed by atoms with Crippen LogP contribution in [0.15, 0.2) is 34.8 Å². The van der Waals surface area contributed by atoms with E-state index in [0.717, 1.165) is 0 Å². The average molecular weight is 240 g/mol. The molecule has 0 radical (unpaired) electrons. The predicted molar refractivity (Wildman–Crippen MR) is 57.6 cm³/mol. The Bertz CT molecular complexity index is 400. The van der Waals surface area contributed by atoms with E-state index in [1.807, 2.05) is 0 Å². The van der Waals surface area contributed by atoms with Gasteiger partial charge in [0.15, 0.2) is 0 Å². The highest BCUT2D eigenvalue weighted by Crippen LogP contribution is 2.22. The van der Waals surface area contributed by atoms with Gasteiger partial charge >= 0.3 is 0 Å². The summed E-state index contributed by atoms with van der Waals surface area (Å²) in [4.78, 5) is 16.0. The molecule has 0 aromatic carbocycles. The quantitative estimate of drug-likeness (QED) is 0.859. The molecule has 0 amide bonds. The summed E-state index contributed by atoms with van der Waals surface area (Å²) < 4.78 is 0.